The second-order valence-corrected chi connectivity index (χ2v) is 6.79. The molecular weight excluding hydrogens is 354 g/mol. The Kier molecular flexibility index (Phi) is 7.18. The van der Waals surface area contributed by atoms with E-state index in [0.717, 1.165) is 12.0 Å². The van der Waals surface area contributed by atoms with E-state index in [2.05, 4.69) is 91.1 Å². The summed E-state index contributed by atoms with van der Waals surface area (Å²) in [5.74, 6) is -0.0706. The molecule has 0 heterocycles. The molecule has 0 atom stereocenters. The van der Waals surface area contributed by atoms with Gasteiger partial charge in [0.05, 0.1) is 0 Å². The summed E-state index contributed by atoms with van der Waals surface area (Å²) < 4.78 is 0. The molecule has 2 heteroatoms. The molecule has 2 nitrogen and oxygen atoms in total. The van der Waals surface area contributed by atoms with Gasteiger partial charge in [-0.15, -0.1) is 0 Å². The first-order valence-electron chi connectivity index (χ1n) is 10.1. The molecule has 0 saturated heterocycles. The zero-order valence-electron chi connectivity index (χ0n) is 17.1. The molecule has 3 aromatic carbocycles. The number of likely N-dealkylation sites (N-methyl/N-ethyl adjacent to an activating group) is 1. The zero-order chi connectivity index (χ0) is 20.5. The van der Waals surface area contributed by atoms with Crippen molar-refractivity contribution in [1.29, 1.82) is 0 Å². The summed E-state index contributed by atoms with van der Waals surface area (Å²) in [7, 11) is 0. The van der Waals surface area contributed by atoms with Gasteiger partial charge >= 0.3 is 0 Å². The quantitative estimate of drug-likeness (QED) is 0.383. The Balaban J connectivity index is 2.04. The van der Waals surface area contributed by atoms with Crippen molar-refractivity contribution in [2.45, 2.75) is 20.3 Å². The van der Waals surface area contributed by atoms with Crippen LogP contribution >= 0.6 is 0 Å². The van der Waals surface area contributed by atoms with Crippen LogP contribution in [0.4, 0.5) is 0 Å². The average Bonchev–Trinajstić information content (AvgIpc) is 2.78. The SMILES string of the molecule is CCNC(=O)/C=C/c1ccc(/C(=C(/CC)c2ccccc2)c2ccccc2)cc1. The van der Waals surface area contributed by atoms with E-state index in [-0.39, 0.29) is 5.91 Å². The van der Waals surface area contributed by atoms with Crippen LogP contribution in [0.3, 0.4) is 0 Å². The lowest BCUT2D eigenvalue weighted by Crippen LogP contribution is -2.19. The predicted octanol–water partition coefficient (Wildman–Crippen LogP) is 6.21. The van der Waals surface area contributed by atoms with Crippen LogP contribution in [0, 0.1) is 0 Å². The van der Waals surface area contributed by atoms with Gasteiger partial charge in [-0.1, -0.05) is 91.9 Å². The number of amides is 1. The summed E-state index contributed by atoms with van der Waals surface area (Å²) >= 11 is 0. The van der Waals surface area contributed by atoms with Crippen LogP contribution in [0.25, 0.3) is 17.2 Å². The van der Waals surface area contributed by atoms with Gasteiger partial charge in [0.1, 0.15) is 0 Å². The minimum Gasteiger partial charge on any atom is -0.353 e. The zero-order valence-corrected chi connectivity index (χ0v) is 17.1. The summed E-state index contributed by atoms with van der Waals surface area (Å²) in [6, 6.07) is 29.5. The monoisotopic (exact) mass is 381 g/mol. The molecule has 0 aromatic heterocycles. The Morgan fingerprint density at radius 2 is 1.31 bits per heavy atom. The van der Waals surface area contributed by atoms with Crippen LogP contribution in [0.2, 0.25) is 0 Å². The first-order chi connectivity index (χ1) is 14.2. The van der Waals surface area contributed by atoms with Crippen molar-refractivity contribution in [3.63, 3.8) is 0 Å². The highest BCUT2D eigenvalue weighted by atomic mass is 16.1. The van der Waals surface area contributed by atoms with Crippen LogP contribution < -0.4 is 5.32 Å². The average molecular weight is 382 g/mol. The number of carbonyl (C=O) groups excluding carboxylic acids is 1. The fraction of sp³-hybridized carbons (Fsp3) is 0.148. The molecule has 1 amide bonds. The summed E-state index contributed by atoms with van der Waals surface area (Å²) in [4.78, 5) is 11.7. The molecule has 146 valence electrons. The van der Waals surface area contributed by atoms with E-state index in [1.807, 2.05) is 19.1 Å². The maximum atomic E-state index is 11.7. The molecule has 0 aliphatic rings. The number of carbonyl (C=O) groups is 1. The Morgan fingerprint density at radius 3 is 1.86 bits per heavy atom. The molecule has 0 radical (unpaired) electrons. The molecule has 0 aliphatic carbocycles. The molecule has 0 unspecified atom stereocenters. The predicted molar refractivity (Wildman–Crippen MR) is 123 cm³/mol. The van der Waals surface area contributed by atoms with Crippen LogP contribution in [-0.2, 0) is 4.79 Å². The topological polar surface area (TPSA) is 29.1 Å². The Morgan fingerprint density at radius 1 is 0.759 bits per heavy atom. The fourth-order valence-corrected chi connectivity index (χ4v) is 3.45. The summed E-state index contributed by atoms with van der Waals surface area (Å²) in [6.45, 7) is 4.75. The van der Waals surface area contributed by atoms with Gasteiger partial charge in [-0.3, -0.25) is 4.79 Å². The smallest absolute Gasteiger partial charge is 0.243 e. The number of benzene rings is 3. The van der Waals surface area contributed by atoms with Gasteiger partial charge in [-0.25, -0.2) is 0 Å². The number of hydrogen-bond donors (Lipinski definition) is 1. The van der Waals surface area contributed by atoms with Crippen LogP contribution in [0.5, 0.6) is 0 Å². The highest BCUT2D eigenvalue weighted by Gasteiger charge is 2.12. The molecule has 0 saturated carbocycles. The number of nitrogens with one attached hydrogen (secondary N) is 1. The van der Waals surface area contributed by atoms with Crippen molar-refractivity contribution in [2.75, 3.05) is 6.54 Å². The van der Waals surface area contributed by atoms with Gasteiger partial charge in [-0.2, -0.15) is 0 Å². The lowest BCUT2D eigenvalue weighted by atomic mass is 9.88. The molecule has 0 bridgehead atoms. The van der Waals surface area contributed by atoms with Gasteiger partial charge in [0.15, 0.2) is 0 Å². The van der Waals surface area contributed by atoms with Crippen molar-refractivity contribution in [2.24, 2.45) is 0 Å². The highest BCUT2D eigenvalue weighted by Crippen LogP contribution is 2.34. The van der Waals surface area contributed by atoms with E-state index in [4.69, 9.17) is 0 Å². The van der Waals surface area contributed by atoms with Gasteiger partial charge in [0.25, 0.3) is 0 Å². The molecule has 3 aromatic rings. The number of allylic oxidation sites excluding steroid dienone is 1. The van der Waals surface area contributed by atoms with E-state index in [1.165, 1.54) is 27.8 Å². The maximum Gasteiger partial charge on any atom is 0.243 e. The fourth-order valence-electron chi connectivity index (χ4n) is 3.45. The number of hydrogen-bond acceptors (Lipinski definition) is 1. The molecule has 1 N–H and O–H groups in total. The molecule has 29 heavy (non-hydrogen) atoms. The van der Waals surface area contributed by atoms with E-state index < -0.39 is 0 Å². The van der Waals surface area contributed by atoms with Crippen molar-refractivity contribution in [3.05, 3.63) is 113 Å². The largest absolute Gasteiger partial charge is 0.353 e. The van der Waals surface area contributed by atoms with Gasteiger partial charge in [0.2, 0.25) is 5.91 Å². The van der Waals surface area contributed by atoms with Crippen molar-refractivity contribution >= 4 is 23.1 Å². The van der Waals surface area contributed by atoms with Gasteiger partial charge in [-0.05, 0) is 52.8 Å². The third kappa shape index (κ3) is 5.32. The Bertz CT molecular complexity index is 984. The standard InChI is InChI=1S/C27H27NO/c1-3-25(22-11-7-5-8-12-22)27(23-13-9-6-10-14-23)24-18-15-21(16-19-24)17-20-26(29)28-4-2/h5-20H,3-4H2,1-2H3,(H,28,29)/b20-17+,27-25-. The van der Waals surface area contributed by atoms with Crippen molar-refractivity contribution in [1.82, 2.24) is 5.32 Å². The van der Waals surface area contributed by atoms with Crippen LogP contribution in [0.1, 0.15) is 42.5 Å². The van der Waals surface area contributed by atoms with Crippen molar-refractivity contribution < 1.29 is 4.79 Å². The first kappa shape index (κ1) is 20.3. The van der Waals surface area contributed by atoms with E-state index in [1.54, 1.807) is 6.08 Å². The second-order valence-electron chi connectivity index (χ2n) is 6.79. The molecule has 0 fully saturated rings. The Hall–Kier alpha value is -3.39. The van der Waals surface area contributed by atoms with Gasteiger partial charge < -0.3 is 5.32 Å². The third-order valence-electron chi connectivity index (χ3n) is 4.82. The lowest BCUT2D eigenvalue weighted by Gasteiger charge is -2.16. The first-order valence-corrected chi connectivity index (χ1v) is 10.1. The Labute approximate surface area is 173 Å². The molecular formula is C27H27NO. The molecule has 0 spiro atoms. The van der Waals surface area contributed by atoms with E-state index in [9.17, 15) is 4.79 Å². The maximum absolute atomic E-state index is 11.7. The van der Waals surface area contributed by atoms with E-state index >= 15 is 0 Å². The molecule has 0 aliphatic heterocycles. The second kappa shape index (κ2) is 10.2. The van der Waals surface area contributed by atoms with Crippen LogP contribution in [-0.4, -0.2) is 12.5 Å². The minimum atomic E-state index is -0.0706. The minimum absolute atomic E-state index is 0.0706. The van der Waals surface area contributed by atoms with Crippen LogP contribution in [0.15, 0.2) is 91.0 Å². The summed E-state index contributed by atoms with van der Waals surface area (Å²) in [5, 5.41) is 2.77. The number of rotatable bonds is 7. The van der Waals surface area contributed by atoms with Gasteiger partial charge in [0, 0.05) is 12.6 Å². The van der Waals surface area contributed by atoms with E-state index in [0.29, 0.717) is 6.54 Å². The highest BCUT2D eigenvalue weighted by molar-refractivity contribution is 5.98. The normalized spacial score (nSPS) is 11.9. The van der Waals surface area contributed by atoms with Crippen molar-refractivity contribution in [3.8, 4) is 0 Å². The summed E-state index contributed by atoms with van der Waals surface area (Å²) in [6.07, 6.45) is 4.36. The lowest BCUT2D eigenvalue weighted by molar-refractivity contribution is -0.116. The summed E-state index contributed by atoms with van der Waals surface area (Å²) in [5.41, 5.74) is 7.20. The third-order valence-corrected chi connectivity index (χ3v) is 4.82. The molecule has 3 rings (SSSR count).